The number of carboxylic acids is 2. The van der Waals surface area contributed by atoms with E-state index in [-0.39, 0.29) is 11.1 Å². The number of hydrogen-bond acceptors (Lipinski definition) is 4. The van der Waals surface area contributed by atoms with E-state index in [9.17, 15) is 9.59 Å². The first-order valence-electron chi connectivity index (χ1n) is 16.2. The quantitative estimate of drug-likeness (QED) is 0.138. The van der Waals surface area contributed by atoms with Gasteiger partial charge >= 0.3 is 11.9 Å². The minimum atomic E-state index is -0.934. The Hall–Kier alpha value is -6.14. The van der Waals surface area contributed by atoms with Crippen LogP contribution in [0.25, 0.3) is 11.1 Å². The summed E-state index contributed by atoms with van der Waals surface area (Å²) in [5.41, 5.74) is 9.12. The SMILES string of the molecule is O=C(O)c1ccc(CCOc2ccc(C3(c4ccc(OCCc5ccc(C(=O)O)cc5)cc4)c4ccccc4-c4ccccc43)cc2)cc1. The Balaban J connectivity index is 1.14. The van der Waals surface area contributed by atoms with E-state index in [1.165, 1.54) is 22.3 Å². The molecule has 2 N–H and O–H groups in total. The molecule has 6 aromatic rings. The minimum Gasteiger partial charge on any atom is -0.493 e. The molecule has 0 heterocycles. The summed E-state index contributed by atoms with van der Waals surface area (Å²) in [6.45, 7) is 0.940. The van der Waals surface area contributed by atoms with Crippen LogP contribution in [0.15, 0.2) is 146 Å². The lowest BCUT2D eigenvalue weighted by Gasteiger charge is -2.34. The third kappa shape index (κ3) is 6.17. The highest BCUT2D eigenvalue weighted by atomic mass is 16.5. The summed E-state index contributed by atoms with van der Waals surface area (Å²) in [6, 6.07) is 47.6. The van der Waals surface area contributed by atoms with Crippen molar-refractivity contribution < 1.29 is 29.3 Å². The zero-order chi connectivity index (χ0) is 33.8. The topological polar surface area (TPSA) is 93.1 Å². The van der Waals surface area contributed by atoms with E-state index in [1.807, 2.05) is 48.5 Å². The molecule has 0 aliphatic heterocycles. The number of carbonyl (C=O) groups is 2. The van der Waals surface area contributed by atoms with Gasteiger partial charge in [0, 0.05) is 12.8 Å². The number of fused-ring (bicyclic) bond motifs is 3. The molecule has 0 atom stereocenters. The van der Waals surface area contributed by atoms with Crippen LogP contribution in [0.4, 0.5) is 0 Å². The molecule has 0 aromatic heterocycles. The fraction of sp³-hybridized carbons (Fsp3) is 0.116. The van der Waals surface area contributed by atoms with Crippen molar-refractivity contribution in [3.05, 3.63) is 190 Å². The molecule has 1 aliphatic rings. The molecule has 0 saturated carbocycles. The van der Waals surface area contributed by atoms with Gasteiger partial charge in [0.15, 0.2) is 0 Å². The van der Waals surface area contributed by atoms with Crippen molar-refractivity contribution in [2.75, 3.05) is 13.2 Å². The Morgan fingerprint density at radius 3 is 1.20 bits per heavy atom. The Morgan fingerprint density at radius 2 is 0.837 bits per heavy atom. The van der Waals surface area contributed by atoms with Crippen molar-refractivity contribution in [2.24, 2.45) is 0 Å². The van der Waals surface area contributed by atoms with Gasteiger partial charge in [0.05, 0.1) is 29.8 Å². The average Bonchev–Trinajstić information content (AvgIpc) is 3.44. The number of aromatic carboxylic acids is 2. The molecule has 0 saturated heterocycles. The maximum atomic E-state index is 11.2. The highest BCUT2D eigenvalue weighted by molar-refractivity contribution is 5.88. The smallest absolute Gasteiger partial charge is 0.335 e. The van der Waals surface area contributed by atoms with Gasteiger partial charge < -0.3 is 19.7 Å². The lowest BCUT2D eigenvalue weighted by molar-refractivity contribution is 0.0686. The molecule has 242 valence electrons. The fourth-order valence-electron chi connectivity index (χ4n) is 6.83. The Labute approximate surface area is 284 Å². The molecule has 7 rings (SSSR count). The molecule has 6 aromatic carbocycles. The van der Waals surface area contributed by atoms with Crippen LogP contribution in [-0.4, -0.2) is 35.4 Å². The van der Waals surface area contributed by atoms with Crippen LogP contribution in [0.1, 0.15) is 54.1 Å². The second-order valence-electron chi connectivity index (χ2n) is 12.1. The lowest BCUT2D eigenvalue weighted by Crippen LogP contribution is -2.28. The average molecular weight is 647 g/mol. The molecule has 0 radical (unpaired) electrons. The predicted molar refractivity (Wildman–Crippen MR) is 189 cm³/mol. The number of hydrogen-bond donors (Lipinski definition) is 2. The van der Waals surface area contributed by atoms with Crippen molar-refractivity contribution in [3.8, 4) is 22.6 Å². The zero-order valence-corrected chi connectivity index (χ0v) is 26.7. The van der Waals surface area contributed by atoms with E-state index in [2.05, 4.69) is 72.8 Å². The Kier molecular flexibility index (Phi) is 8.69. The van der Waals surface area contributed by atoms with Crippen molar-refractivity contribution >= 4 is 11.9 Å². The Morgan fingerprint density at radius 1 is 0.469 bits per heavy atom. The first kappa shape index (κ1) is 31.5. The molecule has 0 fully saturated rings. The van der Waals surface area contributed by atoms with E-state index in [0.29, 0.717) is 26.1 Å². The van der Waals surface area contributed by atoms with Gasteiger partial charge in [-0.25, -0.2) is 9.59 Å². The van der Waals surface area contributed by atoms with Gasteiger partial charge in [-0.05, 0) is 93.0 Å². The van der Waals surface area contributed by atoms with Gasteiger partial charge in [-0.15, -0.1) is 0 Å². The molecule has 0 spiro atoms. The maximum Gasteiger partial charge on any atom is 0.335 e. The van der Waals surface area contributed by atoms with Crippen LogP contribution in [0.3, 0.4) is 0 Å². The van der Waals surface area contributed by atoms with E-state index in [1.54, 1.807) is 24.3 Å². The second kappa shape index (κ2) is 13.5. The first-order valence-corrected chi connectivity index (χ1v) is 16.2. The third-order valence-corrected chi connectivity index (χ3v) is 9.25. The van der Waals surface area contributed by atoms with Crippen LogP contribution in [0, 0.1) is 0 Å². The van der Waals surface area contributed by atoms with Crippen LogP contribution in [-0.2, 0) is 18.3 Å². The van der Waals surface area contributed by atoms with Crippen molar-refractivity contribution in [1.29, 1.82) is 0 Å². The van der Waals surface area contributed by atoms with Gasteiger partial charge in [0.25, 0.3) is 0 Å². The molecule has 0 amide bonds. The van der Waals surface area contributed by atoms with Crippen LogP contribution >= 0.6 is 0 Å². The van der Waals surface area contributed by atoms with E-state index in [0.717, 1.165) is 33.8 Å². The summed E-state index contributed by atoms with van der Waals surface area (Å²) in [5.74, 6) is -0.336. The third-order valence-electron chi connectivity index (χ3n) is 9.25. The normalized spacial score (nSPS) is 12.5. The van der Waals surface area contributed by atoms with E-state index >= 15 is 0 Å². The number of carboxylic acid groups (broad SMARTS) is 2. The van der Waals surface area contributed by atoms with Gasteiger partial charge in [-0.2, -0.15) is 0 Å². The highest BCUT2D eigenvalue weighted by Gasteiger charge is 2.45. The zero-order valence-electron chi connectivity index (χ0n) is 26.7. The van der Waals surface area contributed by atoms with Gasteiger partial charge in [0.1, 0.15) is 11.5 Å². The Bertz CT molecular complexity index is 1940. The predicted octanol–water partition coefficient (Wildman–Crippen LogP) is 8.69. The molecular weight excluding hydrogens is 612 g/mol. The first-order chi connectivity index (χ1) is 23.9. The van der Waals surface area contributed by atoms with E-state index in [4.69, 9.17) is 19.7 Å². The fourth-order valence-corrected chi connectivity index (χ4v) is 6.83. The van der Waals surface area contributed by atoms with Crippen molar-refractivity contribution in [1.82, 2.24) is 0 Å². The van der Waals surface area contributed by atoms with Gasteiger partial charge in [0.2, 0.25) is 0 Å². The summed E-state index contributed by atoms with van der Waals surface area (Å²) < 4.78 is 12.3. The minimum absolute atomic E-state index is 0.272. The summed E-state index contributed by atoms with van der Waals surface area (Å²) in [5, 5.41) is 18.3. The van der Waals surface area contributed by atoms with Crippen molar-refractivity contribution in [2.45, 2.75) is 18.3 Å². The summed E-state index contributed by atoms with van der Waals surface area (Å²) in [7, 11) is 0. The number of ether oxygens (including phenoxy) is 2. The summed E-state index contributed by atoms with van der Waals surface area (Å²) in [4.78, 5) is 22.3. The van der Waals surface area contributed by atoms with Gasteiger partial charge in [-0.3, -0.25) is 0 Å². The molecule has 6 nitrogen and oxygen atoms in total. The van der Waals surface area contributed by atoms with Crippen LogP contribution in [0.5, 0.6) is 11.5 Å². The van der Waals surface area contributed by atoms with Crippen LogP contribution in [0.2, 0.25) is 0 Å². The molecule has 6 heteroatoms. The summed E-state index contributed by atoms with van der Waals surface area (Å²) >= 11 is 0. The largest absolute Gasteiger partial charge is 0.493 e. The standard InChI is InChI=1S/C43H34O6/c44-41(45)31-13-9-29(10-14-31)25-27-48-35-21-17-33(18-22-35)43(39-7-3-1-5-37(39)38-6-2-4-8-40(38)43)34-19-23-36(24-20-34)49-28-26-30-11-15-32(16-12-30)42(46)47/h1-24H,25-28H2,(H,44,45)(H,46,47). The number of rotatable bonds is 12. The lowest BCUT2D eigenvalue weighted by atomic mass is 9.68. The molecule has 49 heavy (non-hydrogen) atoms. The second-order valence-corrected chi connectivity index (χ2v) is 12.1. The molecule has 0 unspecified atom stereocenters. The van der Waals surface area contributed by atoms with Crippen molar-refractivity contribution in [3.63, 3.8) is 0 Å². The maximum absolute atomic E-state index is 11.2. The summed E-state index contributed by atoms with van der Waals surface area (Å²) in [6.07, 6.45) is 1.33. The van der Waals surface area contributed by atoms with Gasteiger partial charge in [-0.1, -0.05) is 97.1 Å². The number of benzene rings is 6. The molecule has 1 aliphatic carbocycles. The monoisotopic (exact) mass is 646 g/mol. The highest BCUT2D eigenvalue weighted by Crippen LogP contribution is 2.56. The molecular formula is C43H34O6. The molecule has 0 bridgehead atoms. The van der Waals surface area contributed by atoms with Crippen LogP contribution < -0.4 is 9.47 Å². The van der Waals surface area contributed by atoms with E-state index < -0.39 is 17.4 Å².